The molecule has 4 aliphatic carbocycles. The third-order valence-electron chi connectivity index (χ3n) is 6.32. The molecule has 0 atom stereocenters. The molecule has 2 amide bonds. The van der Waals surface area contributed by atoms with E-state index in [1.165, 1.54) is 31.4 Å². The highest BCUT2D eigenvalue weighted by Gasteiger charge is 2.54. The van der Waals surface area contributed by atoms with Crippen LogP contribution in [0.2, 0.25) is 0 Å². The number of phenols is 1. The lowest BCUT2D eigenvalue weighted by atomic mass is 9.49. The fourth-order valence-corrected chi connectivity index (χ4v) is 5.68. The van der Waals surface area contributed by atoms with Gasteiger partial charge in [0.1, 0.15) is 5.75 Å². The molecule has 5 nitrogen and oxygen atoms in total. The van der Waals surface area contributed by atoms with Crippen molar-refractivity contribution in [3.8, 4) is 5.75 Å². The minimum Gasteiger partial charge on any atom is -0.508 e. The second kappa shape index (κ2) is 6.36. The standard InChI is InChI=1S/C20H26N2O3/c23-17-3-1-2-16(9-17)18(24)21-4-5-22-19(25)20-10-13-6-14(11-20)8-15(7-13)12-20/h1-3,9,13-15,23H,4-8,10-12H2,(H,21,24)(H,22,25). The van der Waals surface area contributed by atoms with E-state index in [9.17, 15) is 14.7 Å². The van der Waals surface area contributed by atoms with E-state index in [1.54, 1.807) is 12.1 Å². The molecule has 0 saturated heterocycles. The molecule has 1 aromatic carbocycles. The average Bonchev–Trinajstić information content (AvgIpc) is 2.57. The summed E-state index contributed by atoms with van der Waals surface area (Å²) >= 11 is 0. The average molecular weight is 342 g/mol. The van der Waals surface area contributed by atoms with Gasteiger partial charge in [-0.1, -0.05) is 6.07 Å². The molecule has 0 spiro atoms. The van der Waals surface area contributed by atoms with Crippen molar-refractivity contribution >= 4 is 11.8 Å². The molecule has 0 aromatic heterocycles. The zero-order valence-corrected chi connectivity index (χ0v) is 14.5. The molecule has 0 radical (unpaired) electrons. The topological polar surface area (TPSA) is 78.4 Å². The number of hydrogen-bond acceptors (Lipinski definition) is 3. The molecule has 134 valence electrons. The molecule has 1 aromatic rings. The lowest BCUT2D eigenvalue weighted by Crippen LogP contribution is -2.54. The summed E-state index contributed by atoms with van der Waals surface area (Å²) in [5.74, 6) is 2.29. The van der Waals surface area contributed by atoms with Gasteiger partial charge in [0.15, 0.2) is 0 Å². The molecule has 5 rings (SSSR count). The van der Waals surface area contributed by atoms with E-state index >= 15 is 0 Å². The molecule has 4 bridgehead atoms. The molecule has 4 aliphatic rings. The van der Waals surface area contributed by atoms with E-state index in [0.29, 0.717) is 18.7 Å². The fraction of sp³-hybridized carbons (Fsp3) is 0.600. The van der Waals surface area contributed by atoms with E-state index in [1.807, 2.05) is 0 Å². The van der Waals surface area contributed by atoms with E-state index in [-0.39, 0.29) is 23.0 Å². The van der Waals surface area contributed by atoms with Crippen LogP contribution in [0.15, 0.2) is 24.3 Å². The second-order valence-corrected chi connectivity index (χ2v) is 8.26. The molecule has 25 heavy (non-hydrogen) atoms. The van der Waals surface area contributed by atoms with Gasteiger partial charge >= 0.3 is 0 Å². The third-order valence-corrected chi connectivity index (χ3v) is 6.32. The van der Waals surface area contributed by atoms with Crippen LogP contribution in [-0.4, -0.2) is 30.0 Å². The minimum atomic E-state index is -0.236. The van der Waals surface area contributed by atoms with Gasteiger partial charge in [-0.2, -0.15) is 0 Å². The van der Waals surface area contributed by atoms with Crippen LogP contribution in [0.25, 0.3) is 0 Å². The molecule has 4 saturated carbocycles. The SMILES string of the molecule is O=C(NCCNC(=O)C12CC3CC(CC(C3)C1)C2)c1cccc(O)c1. The number of amides is 2. The maximum atomic E-state index is 12.8. The second-order valence-electron chi connectivity index (χ2n) is 8.26. The van der Waals surface area contributed by atoms with Gasteiger partial charge in [0.2, 0.25) is 5.91 Å². The van der Waals surface area contributed by atoms with Gasteiger partial charge in [-0.25, -0.2) is 0 Å². The van der Waals surface area contributed by atoms with Crippen molar-refractivity contribution in [1.82, 2.24) is 10.6 Å². The van der Waals surface area contributed by atoms with E-state index in [4.69, 9.17) is 0 Å². The highest BCUT2D eigenvalue weighted by atomic mass is 16.3. The third kappa shape index (κ3) is 3.24. The van der Waals surface area contributed by atoms with Crippen LogP contribution >= 0.6 is 0 Å². The van der Waals surface area contributed by atoms with E-state index in [2.05, 4.69) is 10.6 Å². The molecule has 4 fully saturated rings. The Kier molecular flexibility index (Phi) is 4.18. The Morgan fingerprint density at radius 3 is 2.20 bits per heavy atom. The number of aromatic hydroxyl groups is 1. The largest absolute Gasteiger partial charge is 0.508 e. The molecule has 5 heteroatoms. The number of carbonyl (C=O) groups is 2. The molecule has 0 aliphatic heterocycles. The first kappa shape index (κ1) is 16.4. The summed E-state index contributed by atoms with van der Waals surface area (Å²) in [6.07, 6.45) is 7.15. The zero-order valence-electron chi connectivity index (χ0n) is 14.5. The lowest BCUT2D eigenvalue weighted by molar-refractivity contribution is -0.146. The summed E-state index contributed by atoms with van der Waals surface area (Å²) in [5, 5.41) is 15.3. The first-order valence-electron chi connectivity index (χ1n) is 9.40. The van der Waals surface area contributed by atoms with Gasteiger partial charge in [0, 0.05) is 24.1 Å². The van der Waals surface area contributed by atoms with E-state index < -0.39 is 0 Å². The Hall–Kier alpha value is -2.04. The first-order chi connectivity index (χ1) is 12.0. The molecular weight excluding hydrogens is 316 g/mol. The fourth-order valence-electron chi connectivity index (χ4n) is 5.68. The van der Waals surface area contributed by atoms with Crippen molar-refractivity contribution in [1.29, 1.82) is 0 Å². The van der Waals surface area contributed by atoms with Gasteiger partial charge in [-0.3, -0.25) is 9.59 Å². The molecular formula is C20H26N2O3. The maximum Gasteiger partial charge on any atom is 0.251 e. The van der Waals surface area contributed by atoms with Gasteiger partial charge in [-0.05, 0) is 74.5 Å². The van der Waals surface area contributed by atoms with Gasteiger partial charge < -0.3 is 15.7 Å². The van der Waals surface area contributed by atoms with Crippen LogP contribution in [0.5, 0.6) is 5.75 Å². The predicted octanol–water partition coefficient (Wildman–Crippen LogP) is 2.45. The van der Waals surface area contributed by atoms with Crippen molar-refractivity contribution in [2.45, 2.75) is 38.5 Å². The summed E-state index contributed by atoms with van der Waals surface area (Å²) < 4.78 is 0. The maximum absolute atomic E-state index is 12.8. The van der Waals surface area contributed by atoms with Crippen LogP contribution < -0.4 is 10.6 Å². The van der Waals surface area contributed by atoms with Crippen molar-refractivity contribution in [3.05, 3.63) is 29.8 Å². The van der Waals surface area contributed by atoms with Crippen LogP contribution in [0.4, 0.5) is 0 Å². The van der Waals surface area contributed by atoms with Crippen molar-refractivity contribution < 1.29 is 14.7 Å². The normalized spacial score (nSPS) is 32.4. The highest BCUT2D eigenvalue weighted by molar-refractivity contribution is 5.94. The summed E-state index contributed by atoms with van der Waals surface area (Å²) in [7, 11) is 0. The Morgan fingerprint density at radius 2 is 1.60 bits per heavy atom. The van der Waals surface area contributed by atoms with Crippen molar-refractivity contribution in [2.24, 2.45) is 23.2 Å². The lowest BCUT2D eigenvalue weighted by Gasteiger charge is -2.55. The number of benzene rings is 1. The van der Waals surface area contributed by atoms with Gasteiger partial charge in [0.25, 0.3) is 5.91 Å². The summed E-state index contributed by atoms with van der Waals surface area (Å²) in [6, 6.07) is 6.26. The number of hydrogen-bond donors (Lipinski definition) is 3. The molecule has 3 N–H and O–H groups in total. The molecule has 0 heterocycles. The summed E-state index contributed by atoms with van der Waals surface area (Å²) in [6.45, 7) is 0.845. The van der Waals surface area contributed by atoms with Crippen molar-refractivity contribution in [2.75, 3.05) is 13.1 Å². The van der Waals surface area contributed by atoms with Crippen LogP contribution in [0, 0.1) is 23.2 Å². The smallest absolute Gasteiger partial charge is 0.251 e. The van der Waals surface area contributed by atoms with Crippen LogP contribution in [-0.2, 0) is 4.79 Å². The Labute approximate surface area is 148 Å². The number of nitrogens with one attached hydrogen (secondary N) is 2. The summed E-state index contributed by atoms with van der Waals surface area (Å²) in [5.41, 5.74) is 0.289. The Bertz CT molecular complexity index is 650. The number of phenolic OH excluding ortho intramolecular Hbond substituents is 1. The van der Waals surface area contributed by atoms with Gasteiger partial charge in [-0.15, -0.1) is 0 Å². The first-order valence-corrected chi connectivity index (χ1v) is 9.40. The zero-order chi connectivity index (χ0) is 17.4. The van der Waals surface area contributed by atoms with Crippen molar-refractivity contribution in [3.63, 3.8) is 0 Å². The van der Waals surface area contributed by atoms with Crippen LogP contribution in [0.1, 0.15) is 48.9 Å². The molecule has 0 unspecified atom stereocenters. The van der Waals surface area contributed by atoms with Gasteiger partial charge in [0.05, 0.1) is 0 Å². The predicted molar refractivity (Wildman–Crippen MR) is 94.1 cm³/mol. The Morgan fingerprint density at radius 1 is 1.00 bits per heavy atom. The van der Waals surface area contributed by atoms with Crippen LogP contribution in [0.3, 0.4) is 0 Å². The number of rotatable bonds is 5. The monoisotopic (exact) mass is 342 g/mol. The minimum absolute atomic E-state index is 0.0720. The quantitative estimate of drug-likeness (QED) is 0.719. The number of carbonyl (C=O) groups excluding carboxylic acids is 2. The Balaban J connectivity index is 1.26. The highest BCUT2D eigenvalue weighted by Crippen LogP contribution is 2.60. The van der Waals surface area contributed by atoms with E-state index in [0.717, 1.165) is 37.0 Å². The summed E-state index contributed by atoms with van der Waals surface area (Å²) in [4.78, 5) is 24.8.